The highest BCUT2D eigenvalue weighted by Gasteiger charge is 2.39. The molecule has 1 saturated heterocycles. The normalized spacial score (nSPS) is 17.2. The Morgan fingerprint density at radius 2 is 1.93 bits per heavy atom. The van der Waals surface area contributed by atoms with Gasteiger partial charge in [0.15, 0.2) is 0 Å². The van der Waals surface area contributed by atoms with Gasteiger partial charge in [0.05, 0.1) is 40.0 Å². The van der Waals surface area contributed by atoms with Gasteiger partial charge in [-0.2, -0.15) is 0 Å². The fraction of sp³-hybridized carbons (Fsp3) is 0.826. The van der Waals surface area contributed by atoms with Crippen LogP contribution in [0.1, 0.15) is 59.8 Å². The first kappa shape index (κ1) is 25.5. The number of ether oxygens (including phenoxy) is 1. The van der Waals surface area contributed by atoms with E-state index >= 15 is 0 Å². The van der Waals surface area contributed by atoms with Gasteiger partial charge in [0.2, 0.25) is 11.8 Å². The number of quaternary nitrogens is 1. The molecule has 0 aromatic rings. The van der Waals surface area contributed by atoms with Crippen molar-refractivity contribution in [1.29, 1.82) is 0 Å². The van der Waals surface area contributed by atoms with E-state index in [1.807, 2.05) is 11.8 Å². The van der Waals surface area contributed by atoms with Crippen LogP contribution in [0.15, 0.2) is 12.3 Å². The van der Waals surface area contributed by atoms with Gasteiger partial charge < -0.3 is 19.4 Å². The van der Waals surface area contributed by atoms with Crippen molar-refractivity contribution in [2.45, 2.75) is 59.8 Å². The molecule has 0 aromatic heterocycles. The minimum atomic E-state index is -0.475. The molecule has 6 nitrogen and oxygen atoms in total. The van der Waals surface area contributed by atoms with Gasteiger partial charge in [0.25, 0.3) is 0 Å². The zero-order valence-corrected chi connectivity index (χ0v) is 19.9. The molecule has 0 saturated carbocycles. The van der Waals surface area contributed by atoms with Crippen molar-refractivity contribution in [2.75, 3.05) is 53.9 Å². The van der Waals surface area contributed by atoms with Crippen molar-refractivity contribution in [2.24, 2.45) is 10.8 Å². The Morgan fingerprint density at radius 3 is 2.45 bits per heavy atom. The number of allylic oxidation sites excluding steroid dienone is 1. The standard InChI is InChI=1S/C23H43N3O3/c1-9-23(5,21(28)24-13-11-16-26(6,7)8)18-22(3,4)19(2)29-17-15-25-14-10-12-20(25)27/h2,9-18H2,1,3-8H3/p+1. The number of hydrogen-bond acceptors (Lipinski definition) is 3. The Kier molecular flexibility index (Phi) is 9.19. The zero-order chi connectivity index (χ0) is 22.3. The third-order valence-electron chi connectivity index (χ3n) is 6.02. The Morgan fingerprint density at radius 1 is 1.28 bits per heavy atom. The molecule has 6 heteroatoms. The molecule has 1 aliphatic heterocycles. The van der Waals surface area contributed by atoms with E-state index in [0.717, 1.165) is 36.8 Å². The second-order valence-electron chi connectivity index (χ2n) is 10.4. The lowest BCUT2D eigenvalue weighted by Gasteiger charge is -2.37. The summed E-state index contributed by atoms with van der Waals surface area (Å²) >= 11 is 0. The van der Waals surface area contributed by atoms with E-state index in [2.05, 4.69) is 53.8 Å². The van der Waals surface area contributed by atoms with Crippen LogP contribution < -0.4 is 5.32 Å². The van der Waals surface area contributed by atoms with E-state index < -0.39 is 5.41 Å². The van der Waals surface area contributed by atoms with Gasteiger partial charge in [0, 0.05) is 36.8 Å². The molecule has 1 N–H and O–H groups in total. The van der Waals surface area contributed by atoms with E-state index in [0.29, 0.717) is 38.3 Å². The third-order valence-corrected chi connectivity index (χ3v) is 6.02. The quantitative estimate of drug-likeness (QED) is 0.288. The van der Waals surface area contributed by atoms with E-state index in [9.17, 15) is 9.59 Å². The highest BCUT2D eigenvalue weighted by molar-refractivity contribution is 5.82. The third kappa shape index (κ3) is 8.37. The molecule has 1 unspecified atom stereocenters. The number of amides is 2. The summed E-state index contributed by atoms with van der Waals surface area (Å²) in [5.41, 5.74) is -0.809. The van der Waals surface area contributed by atoms with E-state index in [4.69, 9.17) is 4.74 Å². The second-order valence-corrected chi connectivity index (χ2v) is 10.4. The van der Waals surface area contributed by atoms with Gasteiger partial charge in [0.1, 0.15) is 6.61 Å². The summed E-state index contributed by atoms with van der Waals surface area (Å²) in [4.78, 5) is 26.5. The van der Waals surface area contributed by atoms with Crippen LogP contribution in [0.25, 0.3) is 0 Å². The molecular formula is C23H44N3O3+. The highest BCUT2D eigenvalue weighted by Crippen LogP contribution is 2.41. The predicted octanol–water partition coefficient (Wildman–Crippen LogP) is 3.18. The first-order valence-corrected chi connectivity index (χ1v) is 11.0. The van der Waals surface area contributed by atoms with Crippen molar-refractivity contribution >= 4 is 11.8 Å². The van der Waals surface area contributed by atoms with Crippen LogP contribution in [0, 0.1) is 10.8 Å². The monoisotopic (exact) mass is 410 g/mol. The number of rotatable bonds is 13. The molecule has 29 heavy (non-hydrogen) atoms. The summed E-state index contributed by atoms with van der Waals surface area (Å²) in [6.07, 6.45) is 3.96. The largest absolute Gasteiger partial charge is 0.496 e. The fourth-order valence-electron chi connectivity index (χ4n) is 3.82. The fourth-order valence-corrected chi connectivity index (χ4v) is 3.82. The molecule has 1 rings (SSSR count). The lowest BCUT2D eigenvalue weighted by atomic mass is 9.71. The lowest BCUT2D eigenvalue weighted by Crippen LogP contribution is -2.43. The van der Waals surface area contributed by atoms with E-state index in [1.165, 1.54) is 0 Å². The van der Waals surface area contributed by atoms with Gasteiger partial charge in [-0.15, -0.1) is 0 Å². The van der Waals surface area contributed by atoms with Crippen LogP contribution in [0.2, 0.25) is 0 Å². The van der Waals surface area contributed by atoms with Crippen LogP contribution in [0.4, 0.5) is 0 Å². The van der Waals surface area contributed by atoms with Crippen molar-refractivity contribution < 1.29 is 18.8 Å². The number of hydrogen-bond donors (Lipinski definition) is 1. The second kappa shape index (κ2) is 10.5. The molecule has 1 atom stereocenters. The van der Waals surface area contributed by atoms with Crippen LogP contribution in [-0.4, -0.2) is 75.1 Å². The van der Waals surface area contributed by atoms with Crippen molar-refractivity contribution in [1.82, 2.24) is 10.2 Å². The van der Waals surface area contributed by atoms with Crippen molar-refractivity contribution in [3.05, 3.63) is 12.3 Å². The summed E-state index contributed by atoms with van der Waals surface area (Å²) < 4.78 is 6.80. The smallest absolute Gasteiger partial charge is 0.225 e. The number of carbonyl (C=O) groups is 2. The molecule has 1 heterocycles. The molecule has 0 spiro atoms. The zero-order valence-electron chi connectivity index (χ0n) is 19.9. The van der Waals surface area contributed by atoms with Gasteiger partial charge in [-0.3, -0.25) is 9.59 Å². The first-order chi connectivity index (χ1) is 13.3. The lowest BCUT2D eigenvalue weighted by molar-refractivity contribution is -0.870. The molecule has 0 aliphatic carbocycles. The van der Waals surface area contributed by atoms with Crippen LogP contribution in [-0.2, 0) is 14.3 Å². The SMILES string of the molecule is C=C(OCCN1CCCC1=O)C(C)(C)CC(C)(CC)C(=O)NCCC[N+](C)(C)C. The average Bonchev–Trinajstić information content (AvgIpc) is 3.02. The number of nitrogens with one attached hydrogen (secondary N) is 1. The predicted molar refractivity (Wildman–Crippen MR) is 118 cm³/mol. The Hall–Kier alpha value is -1.56. The minimum absolute atomic E-state index is 0.102. The summed E-state index contributed by atoms with van der Waals surface area (Å²) in [5, 5.41) is 3.13. The van der Waals surface area contributed by atoms with Gasteiger partial charge in [-0.05, 0) is 19.3 Å². The Balaban J connectivity index is 2.53. The molecule has 0 bridgehead atoms. The van der Waals surface area contributed by atoms with E-state index in [1.54, 1.807) is 0 Å². The molecule has 1 fully saturated rings. The number of carbonyl (C=O) groups excluding carboxylic acids is 2. The van der Waals surface area contributed by atoms with Gasteiger partial charge in [-0.25, -0.2) is 0 Å². The number of likely N-dealkylation sites (tertiary alicyclic amines) is 1. The topological polar surface area (TPSA) is 58.6 Å². The van der Waals surface area contributed by atoms with Gasteiger partial charge in [-0.1, -0.05) is 34.3 Å². The molecule has 168 valence electrons. The minimum Gasteiger partial charge on any atom is -0.496 e. The maximum atomic E-state index is 12.9. The Labute approximate surface area is 178 Å². The molecule has 0 radical (unpaired) electrons. The summed E-state index contributed by atoms with van der Waals surface area (Å²) in [6.45, 7) is 16.0. The molecular weight excluding hydrogens is 366 g/mol. The summed E-state index contributed by atoms with van der Waals surface area (Å²) in [7, 11) is 6.48. The van der Waals surface area contributed by atoms with Gasteiger partial charge >= 0.3 is 0 Å². The summed E-state index contributed by atoms with van der Waals surface area (Å²) in [6, 6.07) is 0. The molecule has 1 aliphatic rings. The van der Waals surface area contributed by atoms with Crippen LogP contribution >= 0.6 is 0 Å². The van der Waals surface area contributed by atoms with Crippen LogP contribution in [0.3, 0.4) is 0 Å². The Bertz CT molecular complexity index is 580. The maximum Gasteiger partial charge on any atom is 0.225 e. The molecule has 0 aromatic carbocycles. The van der Waals surface area contributed by atoms with E-state index in [-0.39, 0.29) is 17.2 Å². The molecule has 2 amide bonds. The highest BCUT2D eigenvalue weighted by atomic mass is 16.5. The summed E-state index contributed by atoms with van der Waals surface area (Å²) in [5.74, 6) is 0.991. The maximum absolute atomic E-state index is 12.9. The number of nitrogens with zero attached hydrogens (tertiary/aromatic N) is 2. The van der Waals surface area contributed by atoms with Crippen LogP contribution in [0.5, 0.6) is 0 Å². The average molecular weight is 411 g/mol. The first-order valence-electron chi connectivity index (χ1n) is 11.0. The van der Waals surface area contributed by atoms with Crippen molar-refractivity contribution in [3.63, 3.8) is 0 Å². The van der Waals surface area contributed by atoms with Crippen molar-refractivity contribution in [3.8, 4) is 0 Å².